The molecule has 94 valence electrons. The Hall–Kier alpha value is -1.87. The molecule has 0 heterocycles. The molecule has 0 aliphatic rings. The summed E-state index contributed by atoms with van der Waals surface area (Å²) in [5, 5.41) is 3.39. The Kier molecular flexibility index (Phi) is 3.95. The molecule has 0 saturated carbocycles. The lowest BCUT2D eigenvalue weighted by molar-refractivity contribution is 0.626. The fourth-order valence-electron chi connectivity index (χ4n) is 1.90. The second-order valence-corrected chi connectivity index (χ2v) is 4.30. The Morgan fingerprint density at radius 2 is 1.78 bits per heavy atom. The van der Waals surface area contributed by atoms with E-state index in [1.54, 1.807) is 12.1 Å². The smallest absolute Gasteiger partial charge is 0.123 e. The van der Waals surface area contributed by atoms with Crippen LogP contribution in [0.2, 0.25) is 0 Å². The Labute approximate surface area is 107 Å². The summed E-state index contributed by atoms with van der Waals surface area (Å²) in [7, 11) is 0. The van der Waals surface area contributed by atoms with Gasteiger partial charge in [-0.15, -0.1) is 0 Å². The normalized spacial score (nSPS) is 12.2. The Bertz CT molecular complexity index is 508. The van der Waals surface area contributed by atoms with Gasteiger partial charge in [-0.3, -0.25) is 0 Å². The second-order valence-electron chi connectivity index (χ2n) is 4.30. The molecule has 18 heavy (non-hydrogen) atoms. The maximum atomic E-state index is 12.9. The summed E-state index contributed by atoms with van der Waals surface area (Å²) in [6, 6.07) is 14.5. The van der Waals surface area contributed by atoms with Crippen LogP contribution in [0.15, 0.2) is 48.5 Å². The highest BCUT2D eigenvalue weighted by Crippen LogP contribution is 2.21. The monoisotopic (exact) mass is 244 g/mol. The van der Waals surface area contributed by atoms with E-state index in [-0.39, 0.29) is 11.9 Å². The van der Waals surface area contributed by atoms with Crippen molar-refractivity contribution in [3.8, 4) is 0 Å². The van der Waals surface area contributed by atoms with Gasteiger partial charge in [-0.1, -0.05) is 30.3 Å². The number of rotatable bonds is 4. The van der Waals surface area contributed by atoms with Crippen molar-refractivity contribution in [1.29, 1.82) is 0 Å². The van der Waals surface area contributed by atoms with E-state index in [1.807, 2.05) is 31.2 Å². The van der Waals surface area contributed by atoms with E-state index in [2.05, 4.69) is 5.32 Å². The number of hydrogen-bond donors (Lipinski definition) is 2. The van der Waals surface area contributed by atoms with Crippen LogP contribution in [0.25, 0.3) is 0 Å². The highest BCUT2D eigenvalue weighted by Gasteiger charge is 2.10. The van der Waals surface area contributed by atoms with Crippen LogP contribution in [-0.4, -0.2) is 6.54 Å². The van der Waals surface area contributed by atoms with Crippen LogP contribution in [0.3, 0.4) is 0 Å². The molecule has 2 aromatic rings. The van der Waals surface area contributed by atoms with E-state index < -0.39 is 0 Å². The molecule has 1 atom stereocenters. The van der Waals surface area contributed by atoms with Crippen molar-refractivity contribution in [2.24, 2.45) is 5.73 Å². The summed E-state index contributed by atoms with van der Waals surface area (Å²) >= 11 is 0. The molecule has 1 unspecified atom stereocenters. The minimum absolute atomic E-state index is 0.00769. The van der Waals surface area contributed by atoms with E-state index >= 15 is 0 Å². The van der Waals surface area contributed by atoms with Gasteiger partial charge < -0.3 is 11.1 Å². The molecule has 0 aliphatic heterocycles. The maximum absolute atomic E-state index is 12.9. The summed E-state index contributed by atoms with van der Waals surface area (Å²) in [5.41, 5.74) is 8.99. The van der Waals surface area contributed by atoms with Crippen molar-refractivity contribution >= 4 is 5.69 Å². The van der Waals surface area contributed by atoms with Crippen molar-refractivity contribution in [3.05, 3.63) is 65.5 Å². The molecule has 0 spiro atoms. The Morgan fingerprint density at radius 3 is 2.39 bits per heavy atom. The summed E-state index contributed by atoms with van der Waals surface area (Å²) < 4.78 is 12.9. The molecule has 0 radical (unpaired) electrons. The zero-order valence-corrected chi connectivity index (χ0v) is 10.4. The van der Waals surface area contributed by atoms with Crippen LogP contribution < -0.4 is 11.1 Å². The molecule has 3 N–H and O–H groups in total. The van der Waals surface area contributed by atoms with Gasteiger partial charge in [-0.25, -0.2) is 4.39 Å². The van der Waals surface area contributed by atoms with Crippen molar-refractivity contribution in [1.82, 2.24) is 0 Å². The van der Waals surface area contributed by atoms with E-state index in [4.69, 9.17) is 5.73 Å². The van der Waals surface area contributed by atoms with Crippen molar-refractivity contribution in [2.75, 3.05) is 11.9 Å². The Morgan fingerprint density at radius 1 is 1.11 bits per heavy atom. The first-order valence-corrected chi connectivity index (χ1v) is 5.98. The van der Waals surface area contributed by atoms with Crippen LogP contribution >= 0.6 is 0 Å². The molecule has 0 aromatic heterocycles. The standard InChI is InChI=1S/C15H17FN2/c1-11-4-2-3-5-14(11)18-15(10-17)12-6-8-13(16)9-7-12/h2-9,15,18H,10,17H2,1H3. The lowest BCUT2D eigenvalue weighted by Crippen LogP contribution is -2.21. The minimum atomic E-state index is -0.231. The predicted molar refractivity (Wildman–Crippen MR) is 73.0 cm³/mol. The number of para-hydroxylation sites is 1. The van der Waals surface area contributed by atoms with Gasteiger partial charge >= 0.3 is 0 Å². The topological polar surface area (TPSA) is 38.0 Å². The van der Waals surface area contributed by atoms with Crippen LogP contribution in [0.4, 0.5) is 10.1 Å². The maximum Gasteiger partial charge on any atom is 0.123 e. The van der Waals surface area contributed by atoms with Crippen molar-refractivity contribution in [2.45, 2.75) is 13.0 Å². The zero-order valence-electron chi connectivity index (χ0n) is 10.4. The molecule has 0 saturated heterocycles. The van der Waals surface area contributed by atoms with Gasteiger partial charge in [0.2, 0.25) is 0 Å². The molecular weight excluding hydrogens is 227 g/mol. The molecule has 2 aromatic carbocycles. The molecule has 3 heteroatoms. The van der Waals surface area contributed by atoms with Gasteiger partial charge in [0.05, 0.1) is 6.04 Å². The summed E-state index contributed by atoms with van der Waals surface area (Å²) in [4.78, 5) is 0. The summed E-state index contributed by atoms with van der Waals surface area (Å²) in [6.45, 7) is 2.50. The van der Waals surface area contributed by atoms with Gasteiger partial charge in [0.1, 0.15) is 5.82 Å². The minimum Gasteiger partial charge on any atom is -0.377 e. The third kappa shape index (κ3) is 2.87. The largest absolute Gasteiger partial charge is 0.377 e. The van der Waals surface area contributed by atoms with Crippen LogP contribution in [-0.2, 0) is 0 Å². The number of nitrogens with two attached hydrogens (primary N) is 1. The number of hydrogen-bond acceptors (Lipinski definition) is 2. The molecule has 0 aliphatic carbocycles. The molecule has 2 nitrogen and oxygen atoms in total. The van der Waals surface area contributed by atoms with E-state index in [9.17, 15) is 4.39 Å². The zero-order chi connectivity index (χ0) is 13.0. The SMILES string of the molecule is Cc1ccccc1NC(CN)c1ccc(F)cc1. The average molecular weight is 244 g/mol. The van der Waals surface area contributed by atoms with Gasteiger partial charge in [0, 0.05) is 12.2 Å². The quantitative estimate of drug-likeness (QED) is 0.866. The van der Waals surface area contributed by atoms with Crippen LogP contribution in [0, 0.1) is 12.7 Å². The number of anilines is 1. The highest BCUT2D eigenvalue weighted by atomic mass is 19.1. The van der Waals surface area contributed by atoms with E-state index in [0.717, 1.165) is 16.8 Å². The van der Waals surface area contributed by atoms with Gasteiger partial charge in [0.15, 0.2) is 0 Å². The highest BCUT2D eigenvalue weighted by molar-refractivity contribution is 5.52. The molecule has 0 fully saturated rings. The molecule has 0 bridgehead atoms. The number of aryl methyl sites for hydroxylation is 1. The second kappa shape index (κ2) is 5.65. The number of nitrogens with one attached hydrogen (secondary N) is 1. The van der Waals surface area contributed by atoms with Gasteiger partial charge in [-0.2, -0.15) is 0 Å². The first-order chi connectivity index (χ1) is 8.70. The number of benzene rings is 2. The first kappa shape index (κ1) is 12.6. The fraction of sp³-hybridized carbons (Fsp3) is 0.200. The van der Waals surface area contributed by atoms with Gasteiger partial charge in [0.25, 0.3) is 0 Å². The lowest BCUT2D eigenvalue weighted by Gasteiger charge is -2.20. The summed E-state index contributed by atoms with van der Waals surface area (Å²) in [5.74, 6) is -0.231. The third-order valence-electron chi connectivity index (χ3n) is 2.98. The Balaban J connectivity index is 2.20. The van der Waals surface area contributed by atoms with Crippen molar-refractivity contribution < 1.29 is 4.39 Å². The molecular formula is C15H17FN2. The number of halogens is 1. The average Bonchev–Trinajstić information content (AvgIpc) is 2.39. The van der Waals surface area contributed by atoms with Gasteiger partial charge in [-0.05, 0) is 36.2 Å². The van der Waals surface area contributed by atoms with Crippen LogP contribution in [0.5, 0.6) is 0 Å². The predicted octanol–water partition coefficient (Wildman–Crippen LogP) is 3.25. The molecule has 2 rings (SSSR count). The van der Waals surface area contributed by atoms with Crippen LogP contribution in [0.1, 0.15) is 17.2 Å². The first-order valence-electron chi connectivity index (χ1n) is 5.98. The van der Waals surface area contributed by atoms with E-state index in [0.29, 0.717) is 6.54 Å². The molecule has 0 amide bonds. The fourth-order valence-corrected chi connectivity index (χ4v) is 1.90. The summed E-state index contributed by atoms with van der Waals surface area (Å²) in [6.07, 6.45) is 0. The third-order valence-corrected chi connectivity index (χ3v) is 2.98. The van der Waals surface area contributed by atoms with E-state index in [1.165, 1.54) is 12.1 Å². The lowest BCUT2D eigenvalue weighted by atomic mass is 10.1. The van der Waals surface area contributed by atoms with Crippen molar-refractivity contribution in [3.63, 3.8) is 0 Å².